The lowest BCUT2D eigenvalue weighted by molar-refractivity contribution is -0.139. The van der Waals surface area contributed by atoms with Gasteiger partial charge in [0.05, 0.1) is 5.92 Å². The normalized spacial score (nSPS) is 22.8. The Morgan fingerprint density at radius 2 is 1.40 bits per heavy atom. The second-order valence-electron chi connectivity index (χ2n) is 8.72. The van der Waals surface area contributed by atoms with E-state index in [1.807, 2.05) is 45.0 Å². The van der Waals surface area contributed by atoms with E-state index in [-0.39, 0.29) is 29.7 Å². The van der Waals surface area contributed by atoms with Gasteiger partial charge in [-0.25, -0.2) is 4.79 Å². The molecule has 3 saturated heterocycles. The highest BCUT2D eigenvalue weighted by Gasteiger charge is 2.35. The molecule has 162 valence electrons. The van der Waals surface area contributed by atoms with Crippen LogP contribution in [0.2, 0.25) is 0 Å². The molecule has 0 aliphatic carbocycles. The predicted molar refractivity (Wildman–Crippen MR) is 115 cm³/mol. The minimum Gasteiger partial charge on any atom is -0.342 e. The van der Waals surface area contributed by atoms with Crippen molar-refractivity contribution in [1.29, 1.82) is 0 Å². The van der Waals surface area contributed by atoms with Gasteiger partial charge in [0.1, 0.15) is 0 Å². The molecule has 0 aromatic heterocycles. The number of nitrogens with one attached hydrogen (secondary N) is 1. The molecule has 1 aromatic rings. The van der Waals surface area contributed by atoms with Gasteiger partial charge in [-0.15, -0.1) is 0 Å². The van der Waals surface area contributed by atoms with Crippen LogP contribution in [-0.2, 0) is 9.59 Å². The third-order valence-electron chi connectivity index (χ3n) is 6.64. The third kappa shape index (κ3) is 4.77. The van der Waals surface area contributed by atoms with Crippen molar-refractivity contribution in [2.45, 2.75) is 38.5 Å². The fourth-order valence-electron chi connectivity index (χ4n) is 4.85. The number of amides is 4. The van der Waals surface area contributed by atoms with Crippen LogP contribution in [0.25, 0.3) is 0 Å². The van der Waals surface area contributed by atoms with Gasteiger partial charge < -0.3 is 20.0 Å². The van der Waals surface area contributed by atoms with E-state index in [1.165, 1.54) is 0 Å². The number of rotatable bonds is 3. The van der Waals surface area contributed by atoms with Crippen molar-refractivity contribution in [2.24, 2.45) is 11.8 Å². The molecule has 0 saturated carbocycles. The molecule has 7 heteroatoms. The maximum Gasteiger partial charge on any atom is 0.320 e. The molecular weight excluding hydrogens is 380 g/mol. The summed E-state index contributed by atoms with van der Waals surface area (Å²) < 4.78 is 0. The largest absolute Gasteiger partial charge is 0.342 e. The molecule has 0 bridgehead atoms. The van der Waals surface area contributed by atoms with Crippen molar-refractivity contribution in [1.82, 2.24) is 14.7 Å². The molecule has 3 heterocycles. The minimum absolute atomic E-state index is 0.0355. The molecule has 7 nitrogen and oxygen atoms in total. The molecule has 0 radical (unpaired) electrons. The number of carbonyl (C=O) groups is 3. The van der Waals surface area contributed by atoms with Crippen molar-refractivity contribution >= 4 is 23.5 Å². The number of para-hydroxylation sites is 1. The van der Waals surface area contributed by atoms with E-state index in [0.717, 1.165) is 51.0 Å². The van der Waals surface area contributed by atoms with E-state index in [1.54, 1.807) is 0 Å². The van der Waals surface area contributed by atoms with Crippen molar-refractivity contribution in [3.8, 4) is 0 Å². The number of piperidine rings is 2. The van der Waals surface area contributed by atoms with Crippen molar-refractivity contribution in [3.63, 3.8) is 0 Å². The quantitative estimate of drug-likeness (QED) is 0.830. The minimum atomic E-state index is -0.111. The summed E-state index contributed by atoms with van der Waals surface area (Å²) in [6, 6.07) is 9.59. The van der Waals surface area contributed by atoms with Crippen LogP contribution in [0, 0.1) is 11.8 Å². The number of nitrogens with zero attached hydrogens (tertiary/aromatic N) is 3. The zero-order chi connectivity index (χ0) is 20.9. The van der Waals surface area contributed by atoms with E-state index in [0.29, 0.717) is 32.5 Å². The highest BCUT2D eigenvalue weighted by Crippen LogP contribution is 2.25. The summed E-state index contributed by atoms with van der Waals surface area (Å²) in [6.45, 7) is 4.19. The Morgan fingerprint density at radius 3 is 2.10 bits per heavy atom. The van der Waals surface area contributed by atoms with Gasteiger partial charge in [-0.1, -0.05) is 18.2 Å². The Balaban J connectivity index is 1.26. The monoisotopic (exact) mass is 412 g/mol. The summed E-state index contributed by atoms with van der Waals surface area (Å²) in [5.74, 6) is 0.0121. The van der Waals surface area contributed by atoms with Crippen molar-refractivity contribution < 1.29 is 14.4 Å². The van der Waals surface area contributed by atoms with Crippen LogP contribution in [0.4, 0.5) is 10.5 Å². The standard InChI is InChI=1S/C23H32N4O3/c28-21(24-20-8-2-1-3-9-20)18-10-15-25(16-11-18)22(29)19-7-6-14-27(17-19)23(30)26-12-4-5-13-26/h1-3,8-9,18-19H,4-7,10-17H2,(H,24,28). The van der Waals surface area contributed by atoms with Gasteiger partial charge >= 0.3 is 6.03 Å². The number of urea groups is 1. The first-order valence-corrected chi connectivity index (χ1v) is 11.3. The van der Waals surface area contributed by atoms with Crippen LogP contribution in [0.5, 0.6) is 0 Å². The first-order chi connectivity index (χ1) is 14.6. The summed E-state index contributed by atoms with van der Waals surface area (Å²) in [4.78, 5) is 44.0. The van der Waals surface area contributed by atoms with Gasteiger partial charge in [-0.3, -0.25) is 9.59 Å². The molecule has 1 N–H and O–H groups in total. The average Bonchev–Trinajstić information content (AvgIpc) is 3.34. The second kappa shape index (κ2) is 9.49. The van der Waals surface area contributed by atoms with E-state index < -0.39 is 0 Å². The van der Waals surface area contributed by atoms with Gasteiger partial charge in [0, 0.05) is 50.9 Å². The summed E-state index contributed by atoms with van der Waals surface area (Å²) in [5.41, 5.74) is 0.811. The zero-order valence-electron chi connectivity index (χ0n) is 17.6. The van der Waals surface area contributed by atoms with Crippen LogP contribution in [-0.4, -0.2) is 71.8 Å². The number of benzene rings is 1. The summed E-state index contributed by atoms with van der Waals surface area (Å²) >= 11 is 0. The number of likely N-dealkylation sites (tertiary alicyclic amines) is 3. The maximum atomic E-state index is 13.1. The molecule has 4 rings (SSSR count). The zero-order valence-corrected chi connectivity index (χ0v) is 17.6. The summed E-state index contributed by atoms with van der Waals surface area (Å²) in [6.07, 6.45) is 5.26. The van der Waals surface area contributed by atoms with Crippen LogP contribution in [0.1, 0.15) is 38.5 Å². The fourth-order valence-corrected chi connectivity index (χ4v) is 4.85. The Labute approximate surface area is 178 Å². The number of hydrogen-bond donors (Lipinski definition) is 1. The van der Waals surface area contributed by atoms with Gasteiger partial charge in [0.25, 0.3) is 0 Å². The number of carbonyl (C=O) groups excluding carboxylic acids is 3. The maximum absolute atomic E-state index is 13.1. The Kier molecular flexibility index (Phi) is 6.55. The molecule has 1 atom stereocenters. The summed E-state index contributed by atoms with van der Waals surface area (Å²) in [7, 11) is 0. The fraction of sp³-hybridized carbons (Fsp3) is 0.609. The van der Waals surface area contributed by atoms with Crippen LogP contribution in [0.3, 0.4) is 0 Å². The average molecular weight is 413 g/mol. The van der Waals surface area contributed by atoms with Crippen molar-refractivity contribution in [2.75, 3.05) is 44.6 Å². The van der Waals surface area contributed by atoms with Crippen molar-refractivity contribution in [3.05, 3.63) is 30.3 Å². The molecule has 3 aliphatic rings. The summed E-state index contributed by atoms with van der Waals surface area (Å²) in [5, 5.41) is 2.97. The van der Waals surface area contributed by atoms with E-state index in [2.05, 4.69) is 5.32 Å². The van der Waals surface area contributed by atoms with Crippen LogP contribution in [0.15, 0.2) is 30.3 Å². The highest BCUT2D eigenvalue weighted by molar-refractivity contribution is 5.92. The molecule has 30 heavy (non-hydrogen) atoms. The van der Waals surface area contributed by atoms with Gasteiger partial charge in [0.2, 0.25) is 11.8 Å². The first-order valence-electron chi connectivity index (χ1n) is 11.3. The molecule has 3 aliphatic heterocycles. The molecule has 4 amide bonds. The van der Waals surface area contributed by atoms with E-state index in [4.69, 9.17) is 0 Å². The molecule has 3 fully saturated rings. The molecule has 0 spiro atoms. The Hall–Kier alpha value is -2.57. The van der Waals surface area contributed by atoms with Gasteiger partial charge in [-0.05, 0) is 50.7 Å². The van der Waals surface area contributed by atoms with E-state index in [9.17, 15) is 14.4 Å². The molecular formula is C23H32N4O3. The number of anilines is 1. The third-order valence-corrected chi connectivity index (χ3v) is 6.64. The lowest BCUT2D eigenvalue weighted by Crippen LogP contribution is -2.51. The van der Waals surface area contributed by atoms with Crippen LogP contribution < -0.4 is 5.32 Å². The van der Waals surface area contributed by atoms with E-state index >= 15 is 0 Å². The van der Waals surface area contributed by atoms with Gasteiger partial charge in [-0.2, -0.15) is 0 Å². The Bertz CT molecular complexity index is 755. The lowest BCUT2D eigenvalue weighted by Gasteiger charge is -2.38. The SMILES string of the molecule is O=C(Nc1ccccc1)C1CCN(C(=O)C2CCCN(C(=O)N3CCCC3)C2)CC1. The number of hydrogen-bond acceptors (Lipinski definition) is 3. The predicted octanol–water partition coefficient (Wildman–Crippen LogP) is 2.79. The second-order valence-corrected chi connectivity index (χ2v) is 8.72. The lowest BCUT2D eigenvalue weighted by atomic mass is 9.92. The Morgan fingerprint density at radius 1 is 0.733 bits per heavy atom. The molecule has 1 unspecified atom stereocenters. The molecule has 1 aromatic carbocycles. The highest BCUT2D eigenvalue weighted by atomic mass is 16.2. The van der Waals surface area contributed by atoms with Crippen LogP contribution >= 0.6 is 0 Å². The van der Waals surface area contributed by atoms with Gasteiger partial charge in [0.15, 0.2) is 0 Å². The topological polar surface area (TPSA) is 73.0 Å². The smallest absolute Gasteiger partial charge is 0.320 e. The first kappa shape index (κ1) is 20.7.